The van der Waals surface area contributed by atoms with Crippen LogP contribution in [-0.4, -0.2) is 76.9 Å². The quantitative estimate of drug-likeness (QED) is 0.631. The summed E-state index contributed by atoms with van der Waals surface area (Å²) in [5, 5.41) is 21.1. The smallest absolute Gasteiger partial charge is 0.326 e. The molecule has 0 aromatic carbocycles. The lowest BCUT2D eigenvalue weighted by atomic mass is 10.2. The molecule has 2 unspecified atom stereocenters. The molecule has 7 heteroatoms. The highest BCUT2D eigenvalue weighted by molar-refractivity contribution is 5.83. The molecule has 1 fully saturated rings. The maximum atomic E-state index is 11.9. The van der Waals surface area contributed by atoms with Gasteiger partial charge in [-0.2, -0.15) is 0 Å². The number of carboxylic acids is 1. The first-order valence-electron chi connectivity index (χ1n) is 6.48. The fourth-order valence-corrected chi connectivity index (χ4v) is 1.97. The number of rotatable bonds is 5. The van der Waals surface area contributed by atoms with Crippen molar-refractivity contribution in [2.24, 2.45) is 0 Å². The maximum Gasteiger partial charge on any atom is 0.326 e. The highest BCUT2D eigenvalue weighted by atomic mass is 16.4. The molecule has 1 heterocycles. The van der Waals surface area contributed by atoms with Crippen molar-refractivity contribution in [3.63, 3.8) is 0 Å². The second-order valence-corrected chi connectivity index (χ2v) is 5.20. The second-order valence-electron chi connectivity index (χ2n) is 5.20. The van der Waals surface area contributed by atoms with Crippen molar-refractivity contribution in [1.82, 2.24) is 15.1 Å². The lowest BCUT2D eigenvalue weighted by molar-refractivity contribution is -0.141. The van der Waals surface area contributed by atoms with E-state index in [1.54, 1.807) is 0 Å². The lowest BCUT2D eigenvalue weighted by Crippen LogP contribution is -2.48. The van der Waals surface area contributed by atoms with Gasteiger partial charge in [0.15, 0.2) is 0 Å². The summed E-state index contributed by atoms with van der Waals surface area (Å²) >= 11 is 0. The van der Waals surface area contributed by atoms with Gasteiger partial charge in [-0.05, 0) is 20.9 Å². The highest BCUT2D eigenvalue weighted by Crippen LogP contribution is 2.17. The van der Waals surface area contributed by atoms with E-state index in [-0.39, 0.29) is 13.0 Å². The summed E-state index contributed by atoms with van der Waals surface area (Å²) in [4.78, 5) is 26.1. The topological polar surface area (TPSA) is 93.1 Å². The minimum atomic E-state index is -1.08. The molecular weight excluding hydrogens is 250 g/mol. The van der Waals surface area contributed by atoms with E-state index >= 15 is 0 Å². The van der Waals surface area contributed by atoms with Crippen LogP contribution in [0.4, 0.5) is 4.79 Å². The number of hydrogen-bond acceptors (Lipinski definition) is 4. The number of aliphatic hydroxyl groups excluding tert-OH is 1. The van der Waals surface area contributed by atoms with Crippen molar-refractivity contribution < 1.29 is 19.8 Å². The van der Waals surface area contributed by atoms with Crippen LogP contribution < -0.4 is 5.32 Å². The molecule has 0 aromatic rings. The van der Waals surface area contributed by atoms with Crippen LogP contribution in [-0.2, 0) is 4.79 Å². The van der Waals surface area contributed by atoms with Gasteiger partial charge in [0, 0.05) is 32.1 Å². The van der Waals surface area contributed by atoms with Gasteiger partial charge in [-0.3, -0.25) is 0 Å². The third kappa shape index (κ3) is 4.36. The van der Waals surface area contributed by atoms with Crippen LogP contribution in [0.1, 0.15) is 20.3 Å². The van der Waals surface area contributed by atoms with E-state index in [0.717, 1.165) is 0 Å². The Bertz CT molecular complexity index is 335. The summed E-state index contributed by atoms with van der Waals surface area (Å²) < 4.78 is 0. The SMILES string of the molecule is CC(C)N(C)CCNC(=O)N1CC(O)CC1C(=O)O. The third-order valence-electron chi connectivity index (χ3n) is 3.45. The van der Waals surface area contributed by atoms with Crippen LogP contribution in [0.25, 0.3) is 0 Å². The summed E-state index contributed by atoms with van der Waals surface area (Å²) in [6.07, 6.45) is -0.667. The van der Waals surface area contributed by atoms with Gasteiger partial charge in [0.1, 0.15) is 6.04 Å². The predicted molar refractivity (Wildman–Crippen MR) is 69.9 cm³/mol. The molecule has 19 heavy (non-hydrogen) atoms. The first-order valence-corrected chi connectivity index (χ1v) is 6.48. The Morgan fingerprint density at radius 2 is 2.11 bits per heavy atom. The number of aliphatic carboxylic acids is 1. The second kappa shape index (κ2) is 6.72. The predicted octanol–water partition coefficient (Wildman–Crippen LogP) is -0.444. The van der Waals surface area contributed by atoms with Gasteiger partial charge in [-0.15, -0.1) is 0 Å². The number of aliphatic hydroxyl groups is 1. The standard InChI is InChI=1S/C12H23N3O4/c1-8(2)14(3)5-4-13-12(19)15-7-9(16)6-10(15)11(17)18/h8-10,16H,4-7H2,1-3H3,(H,13,19)(H,17,18). The van der Waals surface area contributed by atoms with Crippen LogP contribution in [0.5, 0.6) is 0 Å². The normalized spacial score (nSPS) is 23.2. The highest BCUT2D eigenvalue weighted by Gasteiger charge is 2.38. The van der Waals surface area contributed by atoms with Crippen molar-refractivity contribution in [2.45, 2.75) is 38.5 Å². The Morgan fingerprint density at radius 1 is 1.47 bits per heavy atom. The average molecular weight is 273 g/mol. The molecule has 0 spiro atoms. The first-order chi connectivity index (χ1) is 8.82. The number of carbonyl (C=O) groups is 2. The number of nitrogens with one attached hydrogen (secondary N) is 1. The molecule has 0 bridgehead atoms. The fraction of sp³-hybridized carbons (Fsp3) is 0.833. The van der Waals surface area contributed by atoms with E-state index in [0.29, 0.717) is 19.1 Å². The molecule has 2 atom stereocenters. The van der Waals surface area contributed by atoms with Gasteiger partial charge in [0.25, 0.3) is 0 Å². The number of amides is 2. The Hall–Kier alpha value is -1.34. The molecule has 1 aliphatic heterocycles. The van der Waals surface area contributed by atoms with Gasteiger partial charge < -0.3 is 25.3 Å². The number of likely N-dealkylation sites (N-methyl/N-ethyl adjacent to an activating group) is 1. The van der Waals surface area contributed by atoms with Crippen molar-refractivity contribution in [2.75, 3.05) is 26.7 Å². The number of urea groups is 1. The van der Waals surface area contributed by atoms with E-state index in [2.05, 4.69) is 24.1 Å². The molecular formula is C12H23N3O4. The molecule has 7 nitrogen and oxygen atoms in total. The van der Waals surface area contributed by atoms with Crippen molar-refractivity contribution in [1.29, 1.82) is 0 Å². The molecule has 110 valence electrons. The summed E-state index contributed by atoms with van der Waals surface area (Å²) in [7, 11) is 1.95. The zero-order valence-corrected chi connectivity index (χ0v) is 11.7. The molecule has 0 aromatic heterocycles. The van der Waals surface area contributed by atoms with Crippen molar-refractivity contribution in [3.05, 3.63) is 0 Å². The molecule has 2 amide bonds. The van der Waals surface area contributed by atoms with E-state index in [4.69, 9.17) is 5.11 Å². The van der Waals surface area contributed by atoms with Crippen LogP contribution >= 0.6 is 0 Å². The van der Waals surface area contributed by atoms with Gasteiger partial charge in [-0.25, -0.2) is 9.59 Å². The summed E-state index contributed by atoms with van der Waals surface area (Å²) in [6.45, 7) is 5.32. The number of nitrogens with zero attached hydrogens (tertiary/aromatic N) is 2. The van der Waals surface area contributed by atoms with Crippen LogP contribution in [0.3, 0.4) is 0 Å². The number of carboxylic acid groups (broad SMARTS) is 1. The van der Waals surface area contributed by atoms with E-state index < -0.39 is 24.1 Å². The molecule has 0 radical (unpaired) electrons. The minimum Gasteiger partial charge on any atom is -0.480 e. The lowest BCUT2D eigenvalue weighted by Gasteiger charge is -2.24. The Kier molecular flexibility index (Phi) is 5.56. The zero-order valence-electron chi connectivity index (χ0n) is 11.7. The monoisotopic (exact) mass is 273 g/mol. The van der Waals surface area contributed by atoms with Crippen LogP contribution in [0.15, 0.2) is 0 Å². The molecule has 0 saturated carbocycles. The zero-order chi connectivity index (χ0) is 14.6. The maximum absolute atomic E-state index is 11.9. The van der Waals surface area contributed by atoms with E-state index in [9.17, 15) is 14.7 Å². The summed E-state index contributed by atoms with van der Waals surface area (Å²) in [5.74, 6) is -1.08. The van der Waals surface area contributed by atoms with Crippen molar-refractivity contribution in [3.8, 4) is 0 Å². The molecule has 1 rings (SSSR count). The van der Waals surface area contributed by atoms with Crippen molar-refractivity contribution >= 4 is 12.0 Å². The van der Waals surface area contributed by atoms with Crippen LogP contribution in [0, 0.1) is 0 Å². The Labute approximate surface area is 113 Å². The molecule has 0 aliphatic carbocycles. The fourth-order valence-electron chi connectivity index (χ4n) is 1.97. The van der Waals surface area contributed by atoms with Gasteiger partial charge >= 0.3 is 12.0 Å². The average Bonchev–Trinajstić information content (AvgIpc) is 2.71. The number of β-amino-alcohol motifs (C(OH)–C–C–N with tert-alkyl or cyclic N) is 1. The molecule has 3 N–H and O–H groups in total. The molecule has 1 saturated heterocycles. The first kappa shape index (κ1) is 15.7. The van der Waals surface area contributed by atoms with E-state index in [1.165, 1.54) is 4.90 Å². The summed E-state index contributed by atoms with van der Waals surface area (Å²) in [5.41, 5.74) is 0. The number of likely N-dealkylation sites (tertiary alicyclic amines) is 1. The van der Waals surface area contributed by atoms with Gasteiger partial charge in [0.05, 0.1) is 6.10 Å². The largest absolute Gasteiger partial charge is 0.480 e. The minimum absolute atomic E-state index is 0.0722. The Balaban J connectivity index is 2.42. The third-order valence-corrected chi connectivity index (χ3v) is 3.45. The Morgan fingerprint density at radius 3 is 2.63 bits per heavy atom. The van der Waals surface area contributed by atoms with E-state index in [1.807, 2.05) is 7.05 Å². The number of carbonyl (C=O) groups excluding carboxylic acids is 1. The van der Waals surface area contributed by atoms with Gasteiger partial charge in [-0.1, -0.05) is 0 Å². The van der Waals surface area contributed by atoms with Gasteiger partial charge in [0.2, 0.25) is 0 Å². The molecule has 1 aliphatic rings. The van der Waals surface area contributed by atoms with Crippen LogP contribution in [0.2, 0.25) is 0 Å². The summed E-state index contributed by atoms with van der Waals surface area (Å²) in [6, 6.07) is -0.976. The number of hydrogen-bond donors (Lipinski definition) is 3.